The van der Waals surface area contributed by atoms with Gasteiger partial charge in [0.1, 0.15) is 18.1 Å². The lowest BCUT2D eigenvalue weighted by Crippen LogP contribution is -2.47. The Kier molecular flexibility index (Phi) is 7.44. The molecule has 0 bridgehead atoms. The predicted molar refractivity (Wildman–Crippen MR) is 116 cm³/mol. The Morgan fingerprint density at radius 3 is 2.52 bits per heavy atom. The van der Waals surface area contributed by atoms with Gasteiger partial charge in [-0.1, -0.05) is 19.9 Å². The van der Waals surface area contributed by atoms with E-state index >= 15 is 0 Å². The van der Waals surface area contributed by atoms with Crippen molar-refractivity contribution in [2.24, 2.45) is 5.92 Å². The number of hydrogen-bond acceptors (Lipinski definition) is 5. The van der Waals surface area contributed by atoms with E-state index in [-0.39, 0.29) is 31.2 Å². The molecule has 1 aliphatic heterocycles. The molecular weight excluding hydrogens is 398 g/mol. The second-order valence-corrected chi connectivity index (χ2v) is 8.06. The average molecular weight is 430 g/mol. The van der Waals surface area contributed by atoms with Crippen LogP contribution < -0.4 is 14.8 Å². The fourth-order valence-corrected chi connectivity index (χ4v) is 3.44. The summed E-state index contributed by atoms with van der Waals surface area (Å²) in [6, 6.07) is 9.14. The number of hydrogen-bond donors (Lipinski definition) is 1. The van der Waals surface area contributed by atoms with Gasteiger partial charge in [0.2, 0.25) is 12.7 Å². The van der Waals surface area contributed by atoms with E-state index < -0.39 is 0 Å². The number of nitrogens with zero attached hydrogens (tertiary/aromatic N) is 2. The normalized spacial score (nSPS) is 12.2. The van der Waals surface area contributed by atoms with Gasteiger partial charge in [-0.15, -0.1) is 0 Å². The first kappa shape index (κ1) is 22.5. The third kappa shape index (κ3) is 6.16. The highest BCUT2D eigenvalue weighted by Crippen LogP contribution is 2.33. The highest BCUT2D eigenvalue weighted by atomic mass is 16.7. The van der Waals surface area contributed by atoms with Crippen molar-refractivity contribution < 1.29 is 23.5 Å². The summed E-state index contributed by atoms with van der Waals surface area (Å²) in [4.78, 5) is 29.0. The van der Waals surface area contributed by atoms with Crippen molar-refractivity contribution in [3.8, 4) is 11.5 Å². The van der Waals surface area contributed by atoms with Crippen molar-refractivity contribution >= 4 is 11.9 Å². The number of carbonyl (C=O) groups excluding carboxylic acids is 2. The average Bonchev–Trinajstić information content (AvgIpc) is 3.35. The number of amides is 3. The molecule has 0 radical (unpaired) electrons. The minimum atomic E-state index is -0.235. The van der Waals surface area contributed by atoms with Gasteiger partial charge in [0, 0.05) is 19.6 Å². The van der Waals surface area contributed by atoms with Crippen LogP contribution in [-0.4, -0.2) is 48.2 Å². The van der Waals surface area contributed by atoms with Gasteiger partial charge in [-0.05, 0) is 49.6 Å². The fraction of sp³-hybridized carbons (Fsp3) is 0.478. The van der Waals surface area contributed by atoms with Crippen molar-refractivity contribution in [1.29, 1.82) is 0 Å². The van der Waals surface area contributed by atoms with Gasteiger partial charge in [-0.2, -0.15) is 0 Å². The molecular formula is C23H31N3O5. The molecule has 8 heteroatoms. The SMILES string of the molecule is CCNC(=O)N(CC(=O)N(Cc1ccc2c(c1)OCO2)Cc1ccc(C)o1)CC(C)C. The standard InChI is InChI=1S/C23H31N3O5/c1-5-24-23(28)26(11-16(2)3)14-22(27)25(13-19-8-6-17(4)31-19)12-18-7-9-20-21(10-18)30-15-29-20/h6-10,16H,5,11-15H2,1-4H3,(H,24,28). The van der Waals surface area contributed by atoms with Gasteiger partial charge in [-0.3, -0.25) is 4.79 Å². The first-order valence-electron chi connectivity index (χ1n) is 10.6. The predicted octanol–water partition coefficient (Wildman–Crippen LogP) is 3.53. The van der Waals surface area contributed by atoms with Crippen LogP contribution in [0.2, 0.25) is 0 Å². The summed E-state index contributed by atoms with van der Waals surface area (Å²) >= 11 is 0. The van der Waals surface area contributed by atoms with E-state index in [1.165, 1.54) is 0 Å². The summed E-state index contributed by atoms with van der Waals surface area (Å²) in [7, 11) is 0. The second-order valence-electron chi connectivity index (χ2n) is 8.06. The van der Waals surface area contributed by atoms with Crippen LogP contribution in [0.3, 0.4) is 0 Å². The van der Waals surface area contributed by atoms with Gasteiger partial charge >= 0.3 is 6.03 Å². The molecule has 3 amide bonds. The van der Waals surface area contributed by atoms with E-state index in [0.29, 0.717) is 43.4 Å². The molecule has 0 aliphatic carbocycles. The molecule has 0 saturated heterocycles. The molecule has 168 valence electrons. The molecule has 0 atom stereocenters. The molecule has 0 fully saturated rings. The zero-order valence-corrected chi connectivity index (χ0v) is 18.6. The molecule has 3 rings (SSSR count). The first-order chi connectivity index (χ1) is 14.9. The quantitative estimate of drug-likeness (QED) is 0.659. The van der Waals surface area contributed by atoms with Crippen LogP contribution in [-0.2, 0) is 17.9 Å². The highest BCUT2D eigenvalue weighted by molar-refractivity contribution is 5.84. The maximum atomic E-state index is 13.3. The van der Waals surface area contributed by atoms with Crippen molar-refractivity contribution in [1.82, 2.24) is 15.1 Å². The molecule has 0 saturated carbocycles. The lowest BCUT2D eigenvalue weighted by molar-refractivity contribution is -0.133. The number of carbonyl (C=O) groups is 2. The van der Waals surface area contributed by atoms with Crippen molar-refractivity contribution in [3.63, 3.8) is 0 Å². The minimum absolute atomic E-state index is 0.00570. The molecule has 1 aromatic carbocycles. The topological polar surface area (TPSA) is 84.3 Å². The third-order valence-electron chi connectivity index (χ3n) is 4.83. The lowest BCUT2D eigenvalue weighted by Gasteiger charge is -2.28. The zero-order chi connectivity index (χ0) is 22.4. The largest absolute Gasteiger partial charge is 0.464 e. The highest BCUT2D eigenvalue weighted by Gasteiger charge is 2.24. The number of rotatable bonds is 9. The number of fused-ring (bicyclic) bond motifs is 1. The summed E-state index contributed by atoms with van der Waals surface area (Å²) in [5, 5.41) is 2.79. The molecule has 1 aliphatic rings. The van der Waals surface area contributed by atoms with Crippen molar-refractivity contribution in [3.05, 3.63) is 47.4 Å². The maximum Gasteiger partial charge on any atom is 0.317 e. The van der Waals surface area contributed by atoms with Gasteiger partial charge in [0.15, 0.2) is 11.5 Å². The third-order valence-corrected chi connectivity index (χ3v) is 4.83. The number of benzene rings is 1. The van der Waals surface area contributed by atoms with Gasteiger partial charge in [0.25, 0.3) is 0 Å². The summed E-state index contributed by atoms with van der Waals surface area (Å²) < 4.78 is 16.5. The fourth-order valence-electron chi connectivity index (χ4n) is 3.44. The Labute approximate surface area is 183 Å². The van der Waals surface area contributed by atoms with E-state index in [2.05, 4.69) is 5.32 Å². The zero-order valence-electron chi connectivity index (χ0n) is 18.6. The van der Waals surface area contributed by atoms with E-state index in [4.69, 9.17) is 13.9 Å². The van der Waals surface area contributed by atoms with Crippen LogP contribution in [0.25, 0.3) is 0 Å². The molecule has 8 nitrogen and oxygen atoms in total. The second kappa shape index (κ2) is 10.2. The van der Waals surface area contributed by atoms with Crippen LogP contribution in [0.15, 0.2) is 34.7 Å². The Morgan fingerprint density at radius 2 is 1.84 bits per heavy atom. The Hall–Kier alpha value is -3.16. The summed E-state index contributed by atoms with van der Waals surface area (Å²) in [6.45, 7) is 9.64. The van der Waals surface area contributed by atoms with E-state index in [0.717, 1.165) is 11.3 Å². The molecule has 2 aromatic rings. The van der Waals surface area contributed by atoms with E-state index in [1.807, 2.05) is 58.0 Å². The smallest absolute Gasteiger partial charge is 0.317 e. The number of aryl methyl sites for hydroxylation is 1. The van der Waals surface area contributed by atoms with Crippen molar-refractivity contribution in [2.45, 2.75) is 40.8 Å². The Balaban J connectivity index is 1.78. The molecule has 0 spiro atoms. The monoisotopic (exact) mass is 429 g/mol. The van der Waals surface area contributed by atoms with Crippen LogP contribution >= 0.6 is 0 Å². The molecule has 31 heavy (non-hydrogen) atoms. The number of ether oxygens (including phenoxy) is 2. The molecule has 0 unspecified atom stereocenters. The number of nitrogens with one attached hydrogen (secondary N) is 1. The number of urea groups is 1. The maximum absolute atomic E-state index is 13.3. The van der Waals surface area contributed by atoms with Crippen LogP contribution in [0, 0.1) is 12.8 Å². The van der Waals surface area contributed by atoms with Gasteiger partial charge in [-0.25, -0.2) is 4.79 Å². The molecule has 1 N–H and O–H groups in total. The lowest BCUT2D eigenvalue weighted by atomic mass is 10.1. The number of furan rings is 1. The van der Waals surface area contributed by atoms with E-state index in [1.54, 1.807) is 9.80 Å². The van der Waals surface area contributed by atoms with Crippen LogP contribution in [0.4, 0.5) is 4.79 Å². The Morgan fingerprint density at radius 1 is 1.06 bits per heavy atom. The van der Waals surface area contributed by atoms with Gasteiger partial charge in [0.05, 0.1) is 6.54 Å². The van der Waals surface area contributed by atoms with Crippen LogP contribution in [0.5, 0.6) is 11.5 Å². The Bertz CT molecular complexity index is 908. The summed E-state index contributed by atoms with van der Waals surface area (Å²) in [5.41, 5.74) is 0.911. The van der Waals surface area contributed by atoms with Crippen LogP contribution in [0.1, 0.15) is 37.9 Å². The summed E-state index contributed by atoms with van der Waals surface area (Å²) in [5.74, 6) is 2.93. The summed E-state index contributed by atoms with van der Waals surface area (Å²) in [6.07, 6.45) is 0. The van der Waals surface area contributed by atoms with E-state index in [9.17, 15) is 9.59 Å². The van der Waals surface area contributed by atoms with Crippen molar-refractivity contribution in [2.75, 3.05) is 26.4 Å². The molecule has 2 heterocycles. The van der Waals surface area contributed by atoms with Gasteiger partial charge < -0.3 is 29.0 Å². The first-order valence-corrected chi connectivity index (χ1v) is 10.6. The minimum Gasteiger partial charge on any atom is -0.464 e. The molecule has 1 aromatic heterocycles.